The summed E-state index contributed by atoms with van der Waals surface area (Å²) in [4.78, 5) is 6.90. The van der Waals surface area contributed by atoms with Gasteiger partial charge >= 0.3 is 0 Å². The van der Waals surface area contributed by atoms with Gasteiger partial charge in [-0.2, -0.15) is 0 Å². The predicted octanol–water partition coefficient (Wildman–Crippen LogP) is 2.63. The molecule has 3 nitrogen and oxygen atoms in total. The van der Waals surface area contributed by atoms with Crippen LogP contribution in [0.5, 0.6) is 0 Å². The van der Waals surface area contributed by atoms with Crippen molar-refractivity contribution < 1.29 is 5.11 Å². The molecule has 4 heteroatoms. The molecule has 1 aromatic carbocycles. The number of hydrogen-bond donors (Lipinski definition) is 1. The fourth-order valence-corrected chi connectivity index (χ4v) is 3.51. The highest BCUT2D eigenvalue weighted by molar-refractivity contribution is 7.09. The normalized spacial score (nSPS) is 23.3. The number of hydrogen-bond acceptors (Lipinski definition) is 4. The Balaban J connectivity index is 1.70. The third-order valence-electron chi connectivity index (χ3n) is 3.94. The molecule has 0 saturated carbocycles. The predicted molar refractivity (Wildman–Crippen MR) is 81.8 cm³/mol. The zero-order chi connectivity index (χ0) is 13.9. The van der Waals surface area contributed by atoms with Crippen molar-refractivity contribution in [1.29, 1.82) is 0 Å². The summed E-state index contributed by atoms with van der Waals surface area (Å²) in [6, 6.07) is 10.6. The van der Waals surface area contributed by atoms with Crippen LogP contribution >= 0.6 is 11.3 Å². The molecule has 0 radical (unpaired) electrons. The van der Waals surface area contributed by atoms with E-state index in [0.29, 0.717) is 0 Å². The lowest BCUT2D eigenvalue weighted by molar-refractivity contribution is 0.112. The van der Waals surface area contributed by atoms with Gasteiger partial charge in [-0.05, 0) is 25.3 Å². The van der Waals surface area contributed by atoms with Crippen molar-refractivity contribution in [2.45, 2.75) is 38.5 Å². The van der Waals surface area contributed by atoms with E-state index in [9.17, 15) is 5.11 Å². The number of likely N-dealkylation sites (tertiary alicyclic amines) is 1. The van der Waals surface area contributed by atoms with E-state index in [1.807, 2.05) is 13.0 Å². The van der Waals surface area contributed by atoms with Gasteiger partial charge in [0.05, 0.1) is 16.8 Å². The van der Waals surface area contributed by atoms with Crippen molar-refractivity contribution in [3.05, 3.63) is 52.0 Å². The minimum atomic E-state index is -0.227. The van der Waals surface area contributed by atoms with Crippen molar-refractivity contribution in [2.24, 2.45) is 0 Å². The minimum Gasteiger partial charge on any atom is -0.391 e. The average Bonchev–Trinajstić information content (AvgIpc) is 3.01. The summed E-state index contributed by atoms with van der Waals surface area (Å²) < 4.78 is 0. The third kappa shape index (κ3) is 3.08. The van der Waals surface area contributed by atoms with Gasteiger partial charge in [-0.3, -0.25) is 4.90 Å². The number of aliphatic hydroxyl groups is 1. The Morgan fingerprint density at radius 3 is 2.85 bits per heavy atom. The SMILES string of the molecule is Cc1nc(CN2CC[C@H](O)[C@@H]2Cc2ccccc2)cs1. The zero-order valence-electron chi connectivity index (χ0n) is 11.7. The number of aliphatic hydroxyl groups excluding tert-OH is 1. The molecule has 1 aliphatic rings. The van der Waals surface area contributed by atoms with Crippen LogP contribution in [0.1, 0.15) is 22.7 Å². The van der Waals surface area contributed by atoms with Crippen molar-refractivity contribution in [1.82, 2.24) is 9.88 Å². The van der Waals surface area contributed by atoms with E-state index in [2.05, 4.69) is 39.5 Å². The second-order valence-corrected chi connectivity index (χ2v) is 6.50. The molecule has 1 fully saturated rings. The third-order valence-corrected chi connectivity index (χ3v) is 4.77. The molecular formula is C16H20N2OS. The Labute approximate surface area is 123 Å². The van der Waals surface area contributed by atoms with Crippen LogP contribution < -0.4 is 0 Å². The Hall–Kier alpha value is -1.23. The molecule has 20 heavy (non-hydrogen) atoms. The summed E-state index contributed by atoms with van der Waals surface area (Å²) in [6.45, 7) is 3.84. The maximum atomic E-state index is 10.2. The van der Waals surface area contributed by atoms with Crippen LogP contribution in [0, 0.1) is 6.92 Å². The van der Waals surface area contributed by atoms with E-state index < -0.39 is 0 Å². The topological polar surface area (TPSA) is 36.4 Å². The van der Waals surface area contributed by atoms with Gasteiger partial charge in [-0.25, -0.2) is 4.98 Å². The summed E-state index contributed by atoms with van der Waals surface area (Å²) in [5.41, 5.74) is 2.41. The standard InChI is InChI=1S/C16H20N2OS/c1-12-17-14(11-20-12)10-18-8-7-16(19)15(18)9-13-5-3-2-4-6-13/h2-6,11,15-16,19H,7-10H2,1H3/t15-,16-/m0/s1. The first-order valence-electron chi connectivity index (χ1n) is 7.09. The van der Waals surface area contributed by atoms with Crippen molar-refractivity contribution >= 4 is 11.3 Å². The monoisotopic (exact) mass is 288 g/mol. The lowest BCUT2D eigenvalue weighted by Gasteiger charge is -2.25. The first-order valence-corrected chi connectivity index (χ1v) is 7.97. The molecular weight excluding hydrogens is 268 g/mol. The van der Waals surface area contributed by atoms with Crippen LogP contribution in [0.15, 0.2) is 35.7 Å². The fraction of sp³-hybridized carbons (Fsp3) is 0.438. The fourth-order valence-electron chi connectivity index (χ4n) is 2.91. The molecule has 1 aliphatic heterocycles. The van der Waals surface area contributed by atoms with Gasteiger partial charge in [0.1, 0.15) is 0 Å². The molecule has 1 saturated heterocycles. The number of thiazole rings is 1. The number of aromatic nitrogens is 1. The van der Waals surface area contributed by atoms with Gasteiger partial charge in [0, 0.05) is 24.5 Å². The van der Waals surface area contributed by atoms with Gasteiger partial charge in [0.25, 0.3) is 0 Å². The number of rotatable bonds is 4. The average molecular weight is 288 g/mol. The molecule has 0 spiro atoms. The Bertz CT molecular complexity index is 555. The van der Waals surface area contributed by atoms with Crippen LogP contribution in [0.4, 0.5) is 0 Å². The smallest absolute Gasteiger partial charge is 0.0897 e. The molecule has 2 heterocycles. The maximum absolute atomic E-state index is 10.2. The molecule has 3 rings (SSSR count). The van der Waals surface area contributed by atoms with Crippen molar-refractivity contribution in [2.75, 3.05) is 6.54 Å². The largest absolute Gasteiger partial charge is 0.391 e. The van der Waals surface area contributed by atoms with E-state index in [4.69, 9.17) is 0 Å². The van der Waals surface area contributed by atoms with Crippen molar-refractivity contribution in [3.63, 3.8) is 0 Å². The summed E-state index contributed by atoms with van der Waals surface area (Å²) in [5.74, 6) is 0. The summed E-state index contributed by atoms with van der Waals surface area (Å²) in [6.07, 6.45) is 1.54. The van der Waals surface area contributed by atoms with E-state index in [0.717, 1.165) is 36.6 Å². The quantitative estimate of drug-likeness (QED) is 0.939. The van der Waals surface area contributed by atoms with Gasteiger partial charge in [-0.1, -0.05) is 30.3 Å². The Morgan fingerprint density at radius 1 is 1.35 bits per heavy atom. The van der Waals surface area contributed by atoms with Crippen LogP contribution in [0.25, 0.3) is 0 Å². The van der Waals surface area contributed by atoms with Crippen LogP contribution in [-0.4, -0.2) is 33.7 Å². The lowest BCUT2D eigenvalue weighted by atomic mass is 10.0. The Kier molecular flexibility index (Phi) is 4.15. The summed E-state index contributed by atoms with van der Waals surface area (Å²) in [5, 5.41) is 13.5. The van der Waals surface area contributed by atoms with Gasteiger partial charge in [0.2, 0.25) is 0 Å². The molecule has 2 aromatic rings. The molecule has 0 aliphatic carbocycles. The number of aryl methyl sites for hydroxylation is 1. The second-order valence-electron chi connectivity index (χ2n) is 5.44. The molecule has 0 amide bonds. The summed E-state index contributed by atoms with van der Waals surface area (Å²) in [7, 11) is 0. The first kappa shape index (κ1) is 13.7. The zero-order valence-corrected chi connectivity index (χ0v) is 12.5. The minimum absolute atomic E-state index is 0.208. The van der Waals surface area contributed by atoms with Crippen LogP contribution in [0.2, 0.25) is 0 Å². The molecule has 0 unspecified atom stereocenters. The highest BCUT2D eigenvalue weighted by Crippen LogP contribution is 2.24. The summed E-state index contributed by atoms with van der Waals surface area (Å²) >= 11 is 1.69. The van der Waals surface area contributed by atoms with Gasteiger partial charge < -0.3 is 5.11 Å². The van der Waals surface area contributed by atoms with E-state index >= 15 is 0 Å². The lowest BCUT2D eigenvalue weighted by Crippen LogP contribution is -2.36. The maximum Gasteiger partial charge on any atom is 0.0897 e. The van der Waals surface area contributed by atoms with Crippen LogP contribution in [-0.2, 0) is 13.0 Å². The molecule has 1 N–H and O–H groups in total. The number of benzene rings is 1. The molecule has 1 aromatic heterocycles. The van der Waals surface area contributed by atoms with Gasteiger partial charge in [-0.15, -0.1) is 11.3 Å². The first-order chi connectivity index (χ1) is 9.72. The Morgan fingerprint density at radius 2 is 2.15 bits per heavy atom. The van der Waals surface area contributed by atoms with E-state index in [-0.39, 0.29) is 12.1 Å². The van der Waals surface area contributed by atoms with Crippen LogP contribution in [0.3, 0.4) is 0 Å². The molecule has 106 valence electrons. The number of nitrogens with zero attached hydrogens (tertiary/aromatic N) is 2. The van der Waals surface area contributed by atoms with Crippen molar-refractivity contribution in [3.8, 4) is 0 Å². The highest BCUT2D eigenvalue weighted by Gasteiger charge is 2.32. The second kappa shape index (κ2) is 6.04. The molecule has 0 bridgehead atoms. The van der Waals surface area contributed by atoms with Gasteiger partial charge in [0.15, 0.2) is 0 Å². The molecule has 2 atom stereocenters. The van der Waals surface area contributed by atoms with E-state index in [1.54, 1.807) is 11.3 Å². The highest BCUT2D eigenvalue weighted by atomic mass is 32.1. The van der Waals surface area contributed by atoms with E-state index in [1.165, 1.54) is 5.56 Å².